The van der Waals surface area contributed by atoms with Crippen molar-refractivity contribution in [3.63, 3.8) is 0 Å². The molecule has 0 bridgehead atoms. The molecule has 0 spiro atoms. The zero-order valence-corrected chi connectivity index (χ0v) is 9.70. The maximum absolute atomic E-state index is 11.9. The molecule has 1 saturated carbocycles. The molecule has 0 aromatic carbocycles. The van der Waals surface area contributed by atoms with Gasteiger partial charge in [0.05, 0.1) is 13.2 Å². The summed E-state index contributed by atoms with van der Waals surface area (Å²) in [6.45, 7) is 1.17. The van der Waals surface area contributed by atoms with Crippen LogP contribution in [0.4, 0.5) is 0 Å². The van der Waals surface area contributed by atoms with E-state index in [9.17, 15) is 9.59 Å². The van der Waals surface area contributed by atoms with E-state index in [1.165, 1.54) is 4.90 Å². The monoisotopic (exact) mass is 246 g/mol. The van der Waals surface area contributed by atoms with Crippen molar-refractivity contribution in [3.05, 3.63) is 0 Å². The minimum absolute atomic E-state index is 0.0901. The number of morpholine rings is 1. The molecule has 1 aliphatic carbocycles. The molecule has 0 aromatic rings. The molecule has 90 valence electrons. The number of nitrogens with zero attached hydrogens (tertiary/aromatic N) is 1. The molecule has 2 fully saturated rings. The van der Waals surface area contributed by atoms with Gasteiger partial charge in [0.2, 0.25) is 11.8 Å². The second-order valence-corrected chi connectivity index (χ2v) is 4.36. The van der Waals surface area contributed by atoms with Crippen molar-refractivity contribution < 1.29 is 14.3 Å². The molecule has 1 saturated heterocycles. The van der Waals surface area contributed by atoms with Gasteiger partial charge in [-0.1, -0.05) is 0 Å². The number of hydrogen-bond acceptors (Lipinski definition) is 3. The van der Waals surface area contributed by atoms with Crippen LogP contribution >= 0.6 is 11.6 Å². The maximum Gasteiger partial charge on any atom is 0.245 e. The van der Waals surface area contributed by atoms with Crippen LogP contribution < -0.4 is 5.32 Å². The Morgan fingerprint density at radius 3 is 2.81 bits per heavy atom. The fourth-order valence-corrected chi connectivity index (χ4v) is 1.87. The summed E-state index contributed by atoms with van der Waals surface area (Å²) in [6, 6.07) is -0.219. The Morgan fingerprint density at radius 1 is 1.44 bits per heavy atom. The van der Waals surface area contributed by atoms with Gasteiger partial charge in [-0.3, -0.25) is 9.59 Å². The van der Waals surface area contributed by atoms with Crippen molar-refractivity contribution in [1.82, 2.24) is 10.2 Å². The van der Waals surface area contributed by atoms with E-state index in [4.69, 9.17) is 16.3 Å². The fourth-order valence-electron chi connectivity index (χ4n) is 1.72. The SMILES string of the molecule is O=C(NC1CC1)C1COCCN1C(=O)CCl. The first kappa shape index (κ1) is 11.7. The number of hydrogen-bond donors (Lipinski definition) is 1. The van der Waals surface area contributed by atoms with Gasteiger partial charge in [0.25, 0.3) is 0 Å². The quantitative estimate of drug-likeness (QED) is 0.698. The molecule has 1 unspecified atom stereocenters. The lowest BCUT2D eigenvalue weighted by atomic mass is 10.2. The van der Waals surface area contributed by atoms with Gasteiger partial charge in [-0.15, -0.1) is 11.6 Å². The number of halogens is 1. The second kappa shape index (κ2) is 5.01. The third-order valence-corrected chi connectivity index (χ3v) is 3.02. The summed E-state index contributed by atoms with van der Waals surface area (Å²) in [5.41, 5.74) is 0. The van der Waals surface area contributed by atoms with Crippen molar-refractivity contribution in [1.29, 1.82) is 0 Å². The Morgan fingerprint density at radius 2 is 2.19 bits per heavy atom. The molecular weight excluding hydrogens is 232 g/mol. The smallest absolute Gasteiger partial charge is 0.245 e. The summed E-state index contributed by atoms with van der Waals surface area (Å²) in [7, 11) is 0. The van der Waals surface area contributed by atoms with Gasteiger partial charge < -0.3 is 15.0 Å². The number of alkyl halides is 1. The Balaban J connectivity index is 1.96. The second-order valence-electron chi connectivity index (χ2n) is 4.09. The van der Waals surface area contributed by atoms with E-state index in [1.54, 1.807) is 0 Å². The molecule has 16 heavy (non-hydrogen) atoms. The van der Waals surface area contributed by atoms with Gasteiger partial charge in [0.15, 0.2) is 0 Å². The minimum Gasteiger partial charge on any atom is -0.377 e. The molecule has 2 aliphatic rings. The highest BCUT2D eigenvalue weighted by atomic mass is 35.5. The fraction of sp³-hybridized carbons (Fsp3) is 0.800. The predicted molar refractivity (Wildman–Crippen MR) is 58.2 cm³/mol. The first-order valence-electron chi connectivity index (χ1n) is 5.46. The molecule has 1 atom stereocenters. The van der Waals surface area contributed by atoms with Crippen LogP contribution in [0.2, 0.25) is 0 Å². The van der Waals surface area contributed by atoms with E-state index < -0.39 is 6.04 Å². The highest BCUT2D eigenvalue weighted by Crippen LogP contribution is 2.19. The van der Waals surface area contributed by atoms with Crippen LogP contribution in [-0.2, 0) is 14.3 Å². The zero-order chi connectivity index (χ0) is 11.5. The van der Waals surface area contributed by atoms with Crippen molar-refractivity contribution in [2.24, 2.45) is 0 Å². The van der Waals surface area contributed by atoms with Crippen LogP contribution in [0, 0.1) is 0 Å². The van der Waals surface area contributed by atoms with Crippen molar-refractivity contribution in [2.75, 3.05) is 25.6 Å². The van der Waals surface area contributed by atoms with E-state index in [1.807, 2.05) is 0 Å². The van der Waals surface area contributed by atoms with Gasteiger partial charge in [-0.05, 0) is 12.8 Å². The van der Waals surface area contributed by atoms with E-state index in [0.29, 0.717) is 19.2 Å². The highest BCUT2D eigenvalue weighted by molar-refractivity contribution is 6.27. The maximum atomic E-state index is 11.9. The van der Waals surface area contributed by atoms with Crippen LogP contribution in [-0.4, -0.2) is 54.4 Å². The van der Waals surface area contributed by atoms with Crippen LogP contribution in [0.25, 0.3) is 0 Å². The van der Waals surface area contributed by atoms with Crippen LogP contribution in [0.3, 0.4) is 0 Å². The molecule has 2 amide bonds. The molecule has 2 rings (SSSR count). The van der Waals surface area contributed by atoms with Gasteiger partial charge >= 0.3 is 0 Å². The van der Waals surface area contributed by atoms with E-state index in [2.05, 4.69) is 5.32 Å². The number of carbonyl (C=O) groups is 2. The number of ether oxygens (including phenoxy) is 1. The Kier molecular flexibility index (Phi) is 3.66. The molecular formula is C10H15ClN2O3. The summed E-state index contributed by atoms with van der Waals surface area (Å²) in [6.07, 6.45) is 2.06. The lowest BCUT2D eigenvalue weighted by molar-refractivity contribution is -0.146. The standard InChI is InChI=1S/C10H15ClN2O3/c11-5-9(14)13-3-4-16-6-8(13)10(15)12-7-1-2-7/h7-8H,1-6H2,(H,12,15). The van der Waals surface area contributed by atoms with Gasteiger partial charge in [0, 0.05) is 12.6 Å². The van der Waals surface area contributed by atoms with Crippen LogP contribution in [0.1, 0.15) is 12.8 Å². The number of rotatable bonds is 3. The third-order valence-electron chi connectivity index (χ3n) is 2.79. The van der Waals surface area contributed by atoms with Crippen LogP contribution in [0.5, 0.6) is 0 Å². The van der Waals surface area contributed by atoms with E-state index >= 15 is 0 Å². The third kappa shape index (κ3) is 2.65. The summed E-state index contributed by atoms with van der Waals surface area (Å²) < 4.78 is 5.23. The largest absolute Gasteiger partial charge is 0.377 e. The molecule has 1 aliphatic heterocycles. The number of amides is 2. The van der Waals surface area contributed by atoms with Crippen molar-refractivity contribution >= 4 is 23.4 Å². The Bertz CT molecular complexity index is 294. The Hall–Kier alpha value is -0.810. The van der Waals surface area contributed by atoms with Crippen LogP contribution in [0.15, 0.2) is 0 Å². The average Bonchev–Trinajstić information content (AvgIpc) is 3.12. The average molecular weight is 247 g/mol. The van der Waals surface area contributed by atoms with Gasteiger partial charge in [-0.25, -0.2) is 0 Å². The minimum atomic E-state index is -0.513. The first-order valence-corrected chi connectivity index (χ1v) is 5.99. The number of carbonyl (C=O) groups excluding carboxylic acids is 2. The van der Waals surface area contributed by atoms with E-state index in [-0.39, 0.29) is 24.3 Å². The normalized spacial score (nSPS) is 25.3. The molecule has 1 heterocycles. The van der Waals surface area contributed by atoms with Crippen molar-refractivity contribution in [2.45, 2.75) is 24.9 Å². The summed E-state index contributed by atoms with van der Waals surface area (Å²) >= 11 is 5.51. The van der Waals surface area contributed by atoms with Crippen molar-refractivity contribution in [3.8, 4) is 0 Å². The topological polar surface area (TPSA) is 58.6 Å². The Labute approximate surface area is 99.1 Å². The molecule has 1 N–H and O–H groups in total. The molecule has 5 nitrogen and oxygen atoms in total. The summed E-state index contributed by atoms with van der Waals surface area (Å²) in [5, 5.41) is 2.88. The first-order chi connectivity index (χ1) is 7.72. The van der Waals surface area contributed by atoms with Gasteiger partial charge in [0.1, 0.15) is 11.9 Å². The summed E-state index contributed by atoms with van der Waals surface area (Å²) in [4.78, 5) is 24.9. The molecule has 0 aromatic heterocycles. The molecule has 6 heteroatoms. The molecule has 0 radical (unpaired) electrons. The lowest BCUT2D eigenvalue weighted by Gasteiger charge is -2.34. The number of nitrogens with one attached hydrogen (secondary N) is 1. The van der Waals surface area contributed by atoms with E-state index in [0.717, 1.165) is 12.8 Å². The highest BCUT2D eigenvalue weighted by Gasteiger charge is 2.35. The lowest BCUT2D eigenvalue weighted by Crippen LogP contribution is -2.56. The zero-order valence-electron chi connectivity index (χ0n) is 8.95. The summed E-state index contributed by atoms with van der Waals surface area (Å²) in [5.74, 6) is -0.422. The van der Waals surface area contributed by atoms with Gasteiger partial charge in [-0.2, -0.15) is 0 Å². The predicted octanol–water partition coefficient (Wildman–Crippen LogP) is -0.269.